The molecular weight excluding hydrogens is 187 g/mol. The summed E-state index contributed by atoms with van der Waals surface area (Å²) in [6, 6.07) is 6.06. The molecule has 1 aromatic carbocycles. The van der Waals surface area contributed by atoms with Crippen molar-refractivity contribution in [1.82, 2.24) is 0 Å². The van der Waals surface area contributed by atoms with E-state index in [0.29, 0.717) is 10.9 Å². The lowest BCUT2D eigenvalue weighted by molar-refractivity contribution is -0.0267. The quantitative estimate of drug-likeness (QED) is 0.694. The molecule has 2 N–H and O–H groups in total. The van der Waals surface area contributed by atoms with E-state index in [1.54, 1.807) is 0 Å². The van der Waals surface area contributed by atoms with Gasteiger partial charge in [0.1, 0.15) is 0 Å². The fraction of sp³-hybridized carbons (Fsp3) is 0.500. The first kappa shape index (κ1) is 9.43. The number of benzene rings is 1. The predicted octanol–water partition coefficient (Wildman–Crippen LogP) is 0.726. The maximum atomic E-state index is 9.38. The maximum absolute atomic E-state index is 9.38. The lowest BCUT2D eigenvalue weighted by atomic mass is 9.41. The van der Waals surface area contributed by atoms with E-state index in [1.807, 2.05) is 13.0 Å². The Morgan fingerprint density at radius 1 is 1.27 bits per heavy atom. The Bertz CT molecular complexity index is 397. The summed E-state index contributed by atoms with van der Waals surface area (Å²) in [7, 11) is -1.33. The van der Waals surface area contributed by atoms with Gasteiger partial charge in [-0.15, -0.1) is 0 Å². The van der Waals surface area contributed by atoms with E-state index in [2.05, 4.69) is 12.1 Å². The normalized spacial score (nSPS) is 31.8. The summed E-state index contributed by atoms with van der Waals surface area (Å²) >= 11 is 0. The SMILES string of the molecule is Cc1ccc(C23CC(C2)C3)c(B(O)O)c1. The largest absolute Gasteiger partial charge is 0.488 e. The van der Waals surface area contributed by atoms with Gasteiger partial charge in [-0.2, -0.15) is 0 Å². The third-order valence-corrected chi connectivity index (χ3v) is 4.09. The van der Waals surface area contributed by atoms with Crippen LogP contribution >= 0.6 is 0 Å². The molecule has 78 valence electrons. The van der Waals surface area contributed by atoms with Crippen molar-refractivity contribution < 1.29 is 10.0 Å². The molecule has 3 fully saturated rings. The minimum Gasteiger partial charge on any atom is -0.423 e. The van der Waals surface area contributed by atoms with E-state index >= 15 is 0 Å². The highest BCUT2D eigenvalue weighted by Gasteiger charge is 2.58. The van der Waals surface area contributed by atoms with Crippen LogP contribution in [-0.2, 0) is 5.41 Å². The molecule has 0 spiro atoms. The van der Waals surface area contributed by atoms with Gasteiger partial charge in [0.05, 0.1) is 0 Å². The molecule has 2 nitrogen and oxygen atoms in total. The average Bonchev–Trinajstić information content (AvgIpc) is 2.02. The fourth-order valence-corrected chi connectivity index (χ4v) is 3.19. The Kier molecular flexibility index (Phi) is 1.80. The van der Waals surface area contributed by atoms with Crippen molar-refractivity contribution in [2.24, 2.45) is 5.92 Å². The summed E-state index contributed by atoms with van der Waals surface area (Å²) < 4.78 is 0. The van der Waals surface area contributed by atoms with Crippen LogP contribution in [0.2, 0.25) is 0 Å². The molecule has 3 saturated carbocycles. The van der Waals surface area contributed by atoms with Crippen LogP contribution in [0.25, 0.3) is 0 Å². The topological polar surface area (TPSA) is 40.5 Å². The van der Waals surface area contributed by atoms with Crippen molar-refractivity contribution in [1.29, 1.82) is 0 Å². The zero-order valence-electron chi connectivity index (χ0n) is 8.90. The molecule has 0 heterocycles. The van der Waals surface area contributed by atoms with E-state index in [0.717, 1.165) is 11.5 Å². The standard InChI is InChI=1S/C12H15BO2/c1-8-2-3-10(11(4-8)13(14)15)12-5-9(6-12)7-12/h2-4,9,14-15H,5-7H2,1H3. The van der Waals surface area contributed by atoms with E-state index in [4.69, 9.17) is 0 Å². The minimum absolute atomic E-state index is 0.303. The number of aryl methyl sites for hydroxylation is 1. The highest BCUT2D eigenvalue weighted by molar-refractivity contribution is 6.59. The number of hydrogen-bond acceptors (Lipinski definition) is 2. The van der Waals surface area contributed by atoms with E-state index in [1.165, 1.54) is 24.8 Å². The van der Waals surface area contributed by atoms with E-state index < -0.39 is 7.12 Å². The van der Waals surface area contributed by atoms with Gasteiger partial charge in [0.15, 0.2) is 0 Å². The van der Waals surface area contributed by atoms with Crippen LogP contribution in [-0.4, -0.2) is 17.2 Å². The Labute approximate surface area is 90.1 Å². The second kappa shape index (κ2) is 2.86. The van der Waals surface area contributed by atoms with E-state index in [-0.39, 0.29) is 0 Å². The van der Waals surface area contributed by atoms with Crippen LogP contribution in [0.15, 0.2) is 18.2 Å². The first-order chi connectivity index (χ1) is 7.11. The summed E-state index contributed by atoms with van der Waals surface area (Å²) in [5.74, 6) is 0.912. The molecule has 3 aliphatic rings. The fourth-order valence-electron chi connectivity index (χ4n) is 3.19. The molecule has 0 aromatic heterocycles. The van der Waals surface area contributed by atoms with Crippen LogP contribution in [0.4, 0.5) is 0 Å². The van der Waals surface area contributed by atoms with Gasteiger partial charge in [0.25, 0.3) is 0 Å². The van der Waals surface area contributed by atoms with E-state index in [9.17, 15) is 10.0 Å². The van der Waals surface area contributed by atoms with Crippen LogP contribution in [0.1, 0.15) is 30.4 Å². The maximum Gasteiger partial charge on any atom is 0.488 e. The molecule has 0 amide bonds. The summed E-state index contributed by atoms with van der Waals surface area (Å²) in [5, 5.41) is 18.8. The van der Waals surface area contributed by atoms with Gasteiger partial charge >= 0.3 is 7.12 Å². The van der Waals surface area contributed by atoms with Crippen LogP contribution in [0.5, 0.6) is 0 Å². The monoisotopic (exact) mass is 202 g/mol. The van der Waals surface area contributed by atoms with Gasteiger partial charge in [-0.25, -0.2) is 0 Å². The first-order valence-electron chi connectivity index (χ1n) is 5.58. The Hall–Kier alpha value is -0.795. The average molecular weight is 202 g/mol. The second-order valence-corrected chi connectivity index (χ2v) is 5.22. The molecule has 4 rings (SSSR count). The number of hydrogen-bond donors (Lipinski definition) is 2. The molecule has 0 atom stereocenters. The molecule has 3 heteroatoms. The first-order valence-corrected chi connectivity index (χ1v) is 5.58. The van der Waals surface area contributed by atoms with Crippen molar-refractivity contribution in [3.63, 3.8) is 0 Å². The third-order valence-electron chi connectivity index (χ3n) is 4.09. The summed E-state index contributed by atoms with van der Waals surface area (Å²) in [5.41, 5.74) is 3.28. The van der Waals surface area contributed by atoms with Crippen molar-refractivity contribution in [2.45, 2.75) is 31.6 Å². The summed E-state index contributed by atoms with van der Waals surface area (Å²) in [6.45, 7) is 1.98. The van der Waals surface area contributed by atoms with Crippen LogP contribution in [0, 0.1) is 12.8 Å². The lowest BCUT2D eigenvalue weighted by Gasteiger charge is -2.63. The Morgan fingerprint density at radius 3 is 2.40 bits per heavy atom. The third kappa shape index (κ3) is 1.20. The Balaban J connectivity index is 2.06. The van der Waals surface area contributed by atoms with Crippen molar-refractivity contribution >= 4 is 12.6 Å². The summed E-state index contributed by atoms with van der Waals surface area (Å²) in [6.07, 6.45) is 3.74. The molecule has 3 aliphatic carbocycles. The number of rotatable bonds is 2. The molecular formula is C12H15BO2. The molecule has 1 aromatic rings. The molecule has 2 bridgehead atoms. The lowest BCUT2D eigenvalue weighted by Crippen LogP contribution is -2.58. The van der Waals surface area contributed by atoms with Gasteiger partial charge in [0.2, 0.25) is 0 Å². The highest BCUT2D eigenvalue weighted by atomic mass is 16.4. The summed E-state index contributed by atoms with van der Waals surface area (Å²) in [4.78, 5) is 0. The molecule has 15 heavy (non-hydrogen) atoms. The zero-order valence-corrected chi connectivity index (χ0v) is 8.90. The minimum atomic E-state index is -1.33. The zero-order chi connectivity index (χ0) is 10.6. The van der Waals surface area contributed by atoms with Crippen molar-refractivity contribution in [3.8, 4) is 0 Å². The van der Waals surface area contributed by atoms with Crippen molar-refractivity contribution in [2.75, 3.05) is 0 Å². The molecule has 0 saturated heterocycles. The highest BCUT2D eigenvalue weighted by Crippen LogP contribution is 2.64. The second-order valence-electron chi connectivity index (χ2n) is 5.22. The van der Waals surface area contributed by atoms with Crippen LogP contribution in [0.3, 0.4) is 0 Å². The van der Waals surface area contributed by atoms with Gasteiger partial charge < -0.3 is 10.0 Å². The van der Waals surface area contributed by atoms with Crippen molar-refractivity contribution in [3.05, 3.63) is 29.3 Å². The van der Waals surface area contributed by atoms with Gasteiger partial charge in [-0.05, 0) is 48.5 Å². The van der Waals surface area contributed by atoms with Gasteiger partial charge in [-0.3, -0.25) is 0 Å². The molecule has 0 aliphatic heterocycles. The Morgan fingerprint density at radius 2 is 1.93 bits per heavy atom. The molecule has 0 radical (unpaired) electrons. The van der Waals surface area contributed by atoms with Gasteiger partial charge in [-0.1, -0.05) is 23.8 Å². The van der Waals surface area contributed by atoms with Gasteiger partial charge in [0, 0.05) is 0 Å². The smallest absolute Gasteiger partial charge is 0.423 e. The molecule has 0 unspecified atom stereocenters. The van der Waals surface area contributed by atoms with Crippen LogP contribution < -0.4 is 5.46 Å². The predicted molar refractivity (Wildman–Crippen MR) is 60.0 cm³/mol.